The molecule has 106 valence electrons. The van der Waals surface area contributed by atoms with Crippen LogP contribution in [0.1, 0.15) is 5.82 Å². The monoisotopic (exact) mass is 293 g/mol. The number of carbonyl (C=O) groups is 1. The topological polar surface area (TPSA) is 58.4 Å². The quantitative estimate of drug-likeness (QED) is 0.889. The Hall–Kier alpha value is -2.01. The molecule has 1 aromatic carbocycles. The Morgan fingerprint density at radius 2 is 2.10 bits per heavy atom. The molecule has 0 radical (unpaired) electrons. The maximum atomic E-state index is 11.0. The number of anilines is 1. The van der Waals surface area contributed by atoms with Gasteiger partial charge in [0.2, 0.25) is 0 Å². The van der Waals surface area contributed by atoms with Gasteiger partial charge in [0.1, 0.15) is 12.4 Å². The molecule has 0 saturated heterocycles. The van der Waals surface area contributed by atoms with E-state index >= 15 is 0 Å². The highest BCUT2D eigenvalue weighted by atomic mass is 35.5. The lowest BCUT2D eigenvalue weighted by atomic mass is 10.3. The minimum absolute atomic E-state index is 0.0463. The number of imidazole rings is 1. The highest BCUT2D eigenvalue weighted by molar-refractivity contribution is 6.30. The van der Waals surface area contributed by atoms with E-state index in [1.54, 1.807) is 23.2 Å². The lowest BCUT2D eigenvalue weighted by molar-refractivity contribution is -0.135. The van der Waals surface area contributed by atoms with Crippen LogP contribution in [0.3, 0.4) is 0 Å². The van der Waals surface area contributed by atoms with E-state index < -0.39 is 5.97 Å². The van der Waals surface area contributed by atoms with Crippen LogP contribution in [0.5, 0.6) is 0 Å². The summed E-state index contributed by atoms with van der Waals surface area (Å²) in [5, 5.41) is 9.66. The van der Waals surface area contributed by atoms with E-state index in [-0.39, 0.29) is 6.54 Å². The normalized spacial score (nSPS) is 10.5. The standard InChI is InChI=1S/C14H16ClN3O2/c1-11-16-6-7-17(11)8-9-18(10-14(19)20)13-4-2-12(15)3-5-13/h2-7H,8-10H2,1H3,(H,19,20). The summed E-state index contributed by atoms with van der Waals surface area (Å²) in [6.45, 7) is 3.14. The Bertz CT molecular complexity index is 580. The molecule has 0 aliphatic rings. The van der Waals surface area contributed by atoms with Crippen molar-refractivity contribution in [3.63, 3.8) is 0 Å². The zero-order valence-corrected chi connectivity index (χ0v) is 11.9. The summed E-state index contributed by atoms with van der Waals surface area (Å²) in [6, 6.07) is 7.17. The van der Waals surface area contributed by atoms with Crippen molar-refractivity contribution in [1.82, 2.24) is 9.55 Å². The van der Waals surface area contributed by atoms with Crippen LogP contribution >= 0.6 is 11.6 Å². The first-order valence-electron chi connectivity index (χ1n) is 6.26. The second-order valence-corrected chi connectivity index (χ2v) is 4.90. The Morgan fingerprint density at radius 3 is 2.65 bits per heavy atom. The fourth-order valence-electron chi connectivity index (χ4n) is 1.98. The summed E-state index contributed by atoms with van der Waals surface area (Å²) in [6.07, 6.45) is 3.62. The van der Waals surface area contributed by atoms with Gasteiger partial charge in [0, 0.05) is 36.2 Å². The maximum absolute atomic E-state index is 11.0. The first-order valence-corrected chi connectivity index (χ1v) is 6.64. The van der Waals surface area contributed by atoms with Crippen molar-refractivity contribution in [1.29, 1.82) is 0 Å². The number of carboxylic acid groups (broad SMARTS) is 1. The van der Waals surface area contributed by atoms with Crippen molar-refractivity contribution in [2.75, 3.05) is 18.0 Å². The number of aryl methyl sites for hydroxylation is 1. The molecule has 5 nitrogen and oxygen atoms in total. The molecule has 2 rings (SSSR count). The smallest absolute Gasteiger partial charge is 0.323 e. The van der Waals surface area contributed by atoms with Crippen LogP contribution in [0.15, 0.2) is 36.7 Å². The number of aliphatic carboxylic acids is 1. The van der Waals surface area contributed by atoms with Gasteiger partial charge in [-0.3, -0.25) is 4.79 Å². The number of hydrogen-bond acceptors (Lipinski definition) is 3. The zero-order valence-electron chi connectivity index (χ0n) is 11.2. The van der Waals surface area contributed by atoms with Crippen LogP contribution in [0.25, 0.3) is 0 Å². The number of aromatic nitrogens is 2. The molecule has 0 bridgehead atoms. The van der Waals surface area contributed by atoms with E-state index in [4.69, 9.17) is 16.7 Å². The number of halogens is 1. The lowest BCUT2D eigenvalue weighted by Gasteiger charge is -2.23. The number of carboxylic acids is 1. The summed E-state index contributed by atoms with van der Waals surface area (Å²) in [4.78, 5) is 16.9. The lowest BCUT2D eigenvalue weighted by Crippen LogP contribution is -2.32. The van der Waals surface area contributed by atoms with Crippen molar-refractivity contribution < 1.29 is 9.90 Å². The highest BCUT2D eigenvalue weighted by Crippen LogP contribution is 2.18. The van der Waals surface area contributed by atoms with Crippen LogP contribution in [-0.2, 0) is 11.3 Å². The fourth-order valence-corrected chi connectivity index (χ4v) is 2.11. The van der Waals surface area contributed by atoms with E-state index in [0.717, 1.165) is 11.5 Å². The van der Waals surface area contributed by atoms with Crippen LogP contribution in [-0.4, -0.2) is 33.7 Å². The summed E-state index contributed by atoms with van der Waals surface area (Å²) < 4.78 is 1.99. The maximum Gasteiger partial charge on any atom is 0.323 e. The molecule has 6 heteroatoms. The molecular weight excluding hydrogens is 278 g/mol. The predicted octanol–water partition coefficient (Wildman–Crippen LogP) is 2.44. The Balaban J connectivity index is 2.09. The predicted molar refractivity (Wildman–Crippen MR) is 78.3 cm³/mol. The molecular formula is C14H16ClN3O2. The molecule has 0 aliphatic heterocycles. The molecule has 0 spiro atoms. The molecule has 20 heavy (non-hydrogen) atoms. The van der Waals surface area contributed by atoms with Gasteiger partial charge in [-0.15, -0.1) is 0 Å². The SMILES string of the molecule is Cc1nccn1CCN(CC(=O)O)c1ccc(Cl)cc1. The number of rotatable bonds is 6. The molecule has 0 unspecified atom stereocenters. The molecule has 0 atom stereocenters. The number of hydrogen-bond donors (Lipinski definition) is 1. The minimum Gasteiger partial charge on any atom is -0.480 e. The fraction of sp³-hybridized carbons (Fsp3) is 0.286. The molecule has 0 amide bonds. The van der Waals surface area contributed by atoms with E-state index in [1.165, 1.54) is 0 Å². The van der Waals surface area contributed by atoms with Crippen molar-refractivity contribution in [3.05, 3.63) is 47.5 Å². The molecule has 0 fully saturated rings. The molecule has 1 aromatic heterocycles. The first-order chi connectivity index (χ1) is 9.56. The van der Waals surface area contributed by atoms with Gasteiger partial charge in [0.05, 0.1) is 0 Å². The van der Waals surface area contributed by atoms with Crippen LogP contribution in [0.4, 0.5) is 5.69 Å². The van der Waals surface area contributed by atoms with Gasteiger partial charge in [-0.2, -0.15) is 0 Å². The molecule has 2 aromatic rings. The number of nitrogens with zero attached hydrogens (tertiary/aromatic N) is 3. The van der Waals surface area contributed by atoms with E-state index in [2.05, 4.69) is 4.98 Å². The van der Waals surface area contributed by atoms with Gasteiger partial charge >= 0.3 is 5.97 Å². The first kappa shape index (κ1) is 14.4. The van der Waals surface area contributed by atoms with Gasteiger partial charge in [-0.1, -0.05) is 11.6 Å². The Kier molecular flexibility index (Phi) is 4.63. The summed E-state index contributed by atoms with van der Waals surface area (Å²) in [7, 11) is 0. The van der Waals surface area contributed by atoms with Crippen LogP contribution < -0.4 is 4.90 Å². The molecule has 1 N–H and O–H groups in total. The van der Waals surface area contributed by atoms with Gasteiger partial charge in [-0.25, -0.2) is 4.98 Å². The largest absolute Gasteiger partial charge is 0.480 e. The minimum atomic E-state index is -0.859. The second-order valence-electron chi connectivity index (χ2n) is 4.46. The average molecular weight is 294 g/mol. The van der Waals surface area contributed by atoms with E-state index in [0.29, 0.717) is 18.1 Å². The second kappa shape index (κ2) is 6.43. The zero-order chi connectivity index (χ0) is 14.5. The third kappa shape index (κ3) is 3.74. The van der Waals surface area contributed by atoms with Crippen molar-refractivity contribution in [2.24, 2.45) is 0 Å². The summed E-state index contributed by atoms with van der Waals surface area (Å²) >= 11 is 5.85. The molecule has 0 saturated carbocycles. The van der Waals surface area contributed by atoms with Crippen molar-refractivity contribution in [2.45, 2.75) is 13.5 Å². The summed E-state index contributed by atoms with van der Waals surface area (Å²) in [5.74, 6) is 0.0543. The third-order valence-electron chi connectivity index (χ3n) is 3.05. The molecule has 1 heterocycles. The van der Waals surface area contributed by atoms with E-state index in [1.807, 2.05) is 29.8 Å². The van der Waals surface area contributed by atoms with Gasteiger partial charge < -0.3 is 14.6 Å². The van der Waals surface area contributed by atoms with Crippen LogP contribution in [0, 0.1) is 6.92 Å². The van der Waals surface area contributed by atoms with Crippen molar-refractivity contribution >= 4 is 23.3 Å². The van der Waals surface area contributed by atoms with Crippen LogP contribution in [0.2, 0.25) is 5.02 Å². The highest BCUT2D eigenvalue weighted by Gasteiger charge is 2.11. The Labute approximate surface area is 122 Å². The van der Waals surface area contributed by atoms with Crippen molar-refractivity contribution in [3.8, 4) is 0 Å². The third-order valence-corrected chi connectivity index (χ3v) is 3.30. The van der Waals surface area contributed by atoms with Gasteiger partial charge in [0.25, 0.3) is 0 Å². The molecule has 0 aliphatic carbocycles. The van der Waals surface area contributed by atoms with Gasteiger partial charge in [0.15, 0.2) is 0 Å². The summed E-state index contributed by atoms with van der Waals surface area (Å²) in [5.41, 5.74) is 0.842. The Morgan fingerprint density at radius 1 is 1.40 bits per heavy atom. The van der Waals surface area contributed by atoms with Gasteiger partial charge in [-0.05, 0) is 31.2 Å². The number of benzene rings is 1. The van der Waals surface area contributed by atoms with E-state index in [9.17, 15) is 4.79 Å². The average Bonchev–Trinajstić information content (AvgIpc) is 2.81.